The molecule has 0 radical (unpaired) electrons. The highest BCUT2D eigenvalue weighted by Gasteiger charge is 2.14. The maximum atomic E-state index is 3.77. The number of hydrogen-bond donors (Lipinski definition) is 0. The highest BCUT2D eigenvalue weighted by atomic mass is 15.2. The molecule has 0 spiro atoms. The van der Waals surface area contributed by atoms with Crippen molar-refractivity contribution in [1.29, 1.82) is 0 Å². The van der Waals surface area contributed by atoms with Crippen LogP contribution < -0.4 is 0 Å². The van der Waals surface area contributed by atoms with Gasteiger partial charge in [0.05, 0.1) is 0 Å². The summed E-state index contributed by atoms with van der Waals surface area (Å²) in [6.07, 6.45) is 5.74. The molecular formula is C10H16N2. The lowest BCUT2D eigenvalue weighted by atomic mass is 10.2. The zero-order valence-corrected chi connectivity index (χ0v) is 7.66. The SMILES string of the molecule is C=C/C=C1/CN(C)CCN1C=C. The molecule has 0 atom stereocenters. The summed E-state index contributed by atoms with van der Waals surface area (Å²) < 4.78 is 0. The van der Waals surface area contributed by atoms with Crippen LogP contribution in [0.4, 0.5) is 0 Å². The van der Waals surface area contributed by atoms with Crippen molar-refractivity contribution in [3.05, 3.63) is 37.2 Å². The number of nitrogens with zero attached hydrogens (tertiary/aromatic N) is 2. The van der Waals surface area contributed by atoms with E-state index < -0.39 is 0 Å². The molecule has 0 aromatic rings. The summed E-state index contributed by atoms with van der Waals surface area (Å²) in [7, 11) is 2.12. The van der Waals surface area contributed by atoms with Gasteiger partial charge in [0, 0.05) is 25.3 Å². The molecule has 0 amide bonds. The summed E-state index contributed by atoms with van der Waals surface area (Å²) in [6.45, 7) is 10.6. The molecule has 1 rings (SSSR count). The van der Waals surface area contributed by atoms with E-state index in [9.17, 15) is 0 Å². The van der Waals surface area contributed by atoms with E-state index in [-0.39, 0.29) is 0 Å². The molecule has 0 unspecified atom stereocenters. The van der Waals surface area contributed by atoms with E-state index >= 15 is 0 Å². The summed E-state index contributed by atoms with van der Waals surface area (Å²) in [6, 6.07) is 0. The summed E-state index contributed by atoms with van der Waals surface area (Å²) >= 11 is 0. The number of rotatable bonds is 2. The van der Waals surface area contributed by atoms with Crippen molar-refractivity contribution in [1.82, 2.24) is 9.80 Å². The molecule has 1 fully saturated rings. The Morgan fingerprint density at radius 3 is 2.67 bits per heavy atom. The van der Waals surface area contributed by atoms with Gasteiger partial charge in [-0.25, -0.2) is 0 Å². The standard InChI is InChI=1S/C10H16N2/c1-4-6-10-9-11(3)7-8-12(10)5-2/h4-6H,1-2,7-9H2,3H3/b10-6-. The molecule has 1 aliphatic heterocycles. The molecule has 66 valence electrons. The van der Waals surface area contributed by atoms with Crippen LogP contribution in [0.3, 0.4) is 0 Å². The zero-order chi connectivity index (χ0) is 8.97. The van der Waals surface area contributed by atoms with Crippen molar-refractivity contribution >= 4 is 0 Å². The Morgan fingerprint density at radius 2 is 2.08 bits per heavy atom. The number of hydrogen-bond acceptors (Lipinski definition) is 2. The molecule has 0 N–H and O–H groups in total. The predicted molar refractivity (Wildman–Crippen MR) is 52.7 cm³/mol. The van der Waals surface area contributed by atoms with Crippen molar-refractivity contribution in [2.45, 2.75) is 0 Å². The molecule has 1 heterocycles. The minimum Gasteiger partial charge on any atom is -0.350 e. The Morgan fingerprint density at radius 1 is 1.33 bits per heavy atom. The second-order valence-electron chi connectivity index (χ2n) is 3.01. The highest BCUT2D eigenvalue weighted by molar-refractivity contribution is 5.15. The fraction of sp³-hybridized carbons (Fsp3) is 0.400. The topological polar surface area (TPSA) is 6.48 Å². The maximum absolute atomic E-state index is 3.77. The van der Waals surface area contributed by atoms with Crippen LogP contribution in [0.1, 0.15) is 0 Å². The average molecular weight is 164 g/mol. The van der Waals surface area contributed by atoms with Crippen molar-refractivity contribution in [3.63, 3.8) is 0 Å². The fourth-order valence-electron chi connectivity index (χ4n) is 1.36. The van der Waals surface area contributed by atoms with E-state index in [2.05, 4.69) is 30.0 Å². The van der Waals surface area contributed by atoms with Crippen LogP contribution in [0.25, 0.3) is 0 Å². The first-order valence-electron chi connectivity index (χ1n) is 4.17. The minimum atomic E-state index is 0.984. The van der Waals surface area contributed by atoms with Crippen LogP contribution in [0.15, 0.2) is 37.2 Å². The summed E-state index contributed by atoms with van der Waals surface area (Å²) in [5.74, 6) is 0. The van der Waals surface area contributed by atoms with Crippen LogP contribution in [-0.4, -0.2) is 36.5 Å². The quantitative estimate of drug-likeness (QED) is 0.609. The van der Waals surface area contributed by atoms with Gasteiger partial charge in [0.15, 0.2) is 0 Å². The summed E-state index contributed by atoms with van der Waals surface area (Å²) in [5, 5.41) is 0. The molecule has 2 nitrogen and oxygen atoms in total. The zero-order valence-electron chi connectivity index (χ0n) is 7.66. The van der Waals surface area contributed by atoms with E-state index in [1.54, 1.807) is 0 Å². The van der Waals surface area contributed by atoms with Crippen molar-refractivity contribution in [2.24, 2.45) is 0 Å². The monoisotopic (exact) mass is 164 g/mol. The van der Waals surface area contributed by atoms with Gasteiger partial charge in [0.25, 0.3) is 0 Å². The predicted octanol–water partition coefficient (Wildman–Crippen LogP) is 1.45. The number of allylic oxidation sites excluding steroid dienone is 2. The Hall–Kier alpha value is -1.02. The molecule has 1 saturated heterocycles. The van der Waals surface area contributed by atoms with Gasteiger partial charge in [-0.2, -0.15) is 0 Å². The van der Waals surface area contributed by atoms with Gasteiger partial charge >= 0.3 is 0 Å². The van der Waals surface area contributed by atoms with Gasteiger partial charge in [-0.15, -0.1) is 0 Å². The average Bonchev–Trinajstić information content (AvgIpc) is 2.05. The third-order valence-corrected chi connectivity index (χ3v) is 2.05. The smallest absolute Gasteiger partial charge is 0.0384 e. The third kappa shape index (κ3) is 1.98. The van der Waals surface area contributed by atoms with E-state index in [4.69, 9.17) is 0 Å². The van der Waals surface area contributed by atoms with Gasteiger partial charge in [-0.1, -0.05) is 19.2 Å². The second-order valence-corrected chi connectivity index (χ2v) is 3.01. The third-order valence-electron chi connectivity index (χ3n) is 2.05. The Kier molecular flexibility index (Phi) is 3.11. The lowest BCUT2D eigenvalue weighted by Gasteiger charge is -2.33. The first kappa shape index (κ1) is 9.07. The van der Waals surface area contributed by atoms with Crippen molar-refractivity contribution in [2.75, 3.05) is 26.7 Å². The highest BCUT2D eigenvalue weighted by Crippen LogP contribution is 2.11. The minimum absolute atomic E-state index is 0.984. The van der Waals surface area contributed by atoms with Crippen molar-refractivity contribution < 1.29 is 0 Å². The van der Waals surface area contributed by atoms with E-state index in [1.807, 2.05) is 18.4 Å². The van der Waals surface area contributed by atoms with Crippen LogP contribution in [0.2, 0.25) is 0 Å². The van der Waals surface area contributed by atoms with Crippen LogP contribution in [0, 0.1) is 0 Å². The Labute approximate surface area is 74.5 Å². The Balaban J connectivity index is 2.70. The molecule has 0 aliphatic carbocycles. The second kappa shape index (κ2) is 4.12. The van der Waals surface area contributed by atoms with Gasteiger partial charge in [0.2, 0.25) is 0 Å². The molecule has 0 bridgehead atoms. The molecule has 2 heteroatoms. The van der Waals surface area contributed by atoms with Crippen LogP contribution in [0.5, 0.6) is 0 Å². The number of piperazine rings is 1. The summed E-state index contributed by atoms with van der Waals surface area (Å²) in [5.41, 5.74) is 1.27. The van der Waals surface area contributed by atoms with E-state index in [0.717, 1.165) is 19.6 Å². The first-order chi connectivity index (χ1) is 5.77. The molecule has 1 aliphatic rings. The first-order valence-corrected chi connectivity index (χ1v) is 4.17. The lowest BCUT2D eigenvalue weighted by molar-refractivity contribution is 0.246. The van der Waals surface area contributed by atoms with Crippen molar-refractivity contribution in [3.8, 4) is 0 Å². The van der Waals surface area contributed by atoms with Gasteiger partial charge in [0.1, 0.15) is 0 Å². The number of likely N-dealkylation sites (N-methyl/N-ethyl adjacent to an activating group) is 1. The largest absolute Gasteiger partial charge is 0.350 e. The van der Waals surface area contributed by atoms with Crippen LogP contribution in [-0.2, 0) is 0 Å². The van der Waals surface area contributed by atoms with E-state index in [0.29, 0.717) is 0 Å². The molecular weight excluding hydrogens is 148 g/mol. The normalized spacial score (nSPS) is 22.8. The molecule has 12 heavy (non-hydrogen) atoms. The van der Waals surface area contributed by atoms with E-state index in [1.165, 1.54) is 5.70 Å². The molecule has 0 aromatic heterocycles. The lowest BCUT2D eigenvalue weighted by Crippen LogP contribution is -2.39. The summed E-state index contributed by atoms with van der Waals surface area (Å²) in [4.78, 5) is 4.46. The Bertz CT molecular complexity index is 206. The fourth-order valence-corrected chi connectivity index (χ4v) is 1.36. The van der Waals surface area contributed by atoms with Gasteiger partial charge in [-0.3, -0.25) is 4.90 Å². The molecule has 0 saturated carbocycles. The van der Waals surface area contributed by atoms with Gasteiger partial charge < -0.3 is 4.90 Å². The maximum Gasteiger partial charge on any atom is 0.0384 e. The van der Waals surface area contributed by atoms with Gasteiger partial charge in [-0.05, 0) is 19.3 Å². The van der Waals surface area contributed by atoms with Crippen LogP contribution >= 0.6 is 0 Å². The molecule has 0 aromatic carbocycles.